The lowest BCUT2D eigenvalue weighted by molar-refractivity contribution is -0.133. The first-order valence-corrected chi connectivity index (χ1v) is 8.96. The molecule has 132 valence electrons. The summed E-state index contributed by atoms with van der Waals surface area (Å²) >= 11 is 0. The Hall–Kier alpha value is -1.71. The Bertz CT molecular complexity index is 754. The second kappa shape index (κ2) is 6.30. The predicted molar refractivity (Wildman–Crippen MR) is 82.6 cm³/mol. The first-order valence-electron chi connectivity index (χ1n) is 7.52. The lowest BCUT2D eigenvalue weighted by atomic mass is 10.1. The summed E-state index contributed by atoms with van der Waals surface area (Å²) in [4.78, 5) is 13.7. The van der Waals surface area contributed by atoms with Gasteiger partial charge in [0.2, 0.25) is 15.9 Å². The summed E-state index contributed by atoms with van der Waals surface area (Å²) in [6, 6.07) is 3.17. The van der Waals surface area contributed by atoms with Crippen molar-refractivity contribution < 1.29 is 27.1 Å². The van der Waals surface area contributed by atoms with Gasteiger partial charge in [0.05, 0.1) is 37.2 Å². The van der Waals surface area contributed by atoms with Crippen LogP contribution in [0.1, 0.15) is 0 Å². The minimum atomic E-state index is -3.92. The molecule has 2 saturated heterocycles. The van der Waals surface area contributed by atoms with Crippen molar-refractivity contribution in [3.63, 3.8) is 0 Å². The highest BCUT2D eigenvalue weighted by Gasteiger charge is 2.41. The van der Waals surface area contributed by atoms with Gasteiger partial charge in [0.1, 0.15) is 0 Å². The number of amides is 1. The Morgan fingerprint density at radius 2 is 2.04 bits per heavy atom. The second-order valence-corrected chi connectivity index (χ2v) is 7.89. The van der Waals surface area contributed by atoms with Crippen molar-refractivity contribution in [1.82, 2.24) is 9.21 Å². The van der Waals surface area contributed by atoms with Crippen molar-refractivity contribution in [2.24, 2.45) is 5.92 Å². The maximum Gasteiger partial charge on any atom is 0.243 e. The molecule has 0 spiro atoms. The number of hydrogen-bond acceptors (Lipinski definition) is 5. The lowest BCUT2D eigenvalue weighted by Gasteiger charge is -2.28. The normalized spacial score (nSPS) is 25.5. The smallest absolute Gasteiger partial charge is 0.243 e. The van der Waals surface area contributed by atoms with Gasteiger partial charge in [-0.2, -0.15) is 4.31 Å². The van der Waals surface area contributed by atoms with Crippen LogP contribution in [0.25, 0.3) is 0 Å². The van der Waals surface area contributed by atoms with Gasteiger partial charge in [-0.05, 0) is 18.2 Å². The molecule has 2 heterocycles. The van der Waals surface area contributed by atoms with Gasteiger partial charge >= 0.3 is 0 Å². The van der Waals surface area contributed by atoms with Crippen LogP contribution in [0.3, 0.4) is 0 Å². The van der Waals surface area contributed by atoms with E-state index in [4.69, 9.17) is 9.47 Å². The number of carbonyl (C=O) groups excluding carboxylic acids is 1. The van der Waals surface area contributed by atoms with Crippen molar-refractivity contribution in [1.29, 1.82) is 0 Å². The van der Waals surface area contributed by atoms with Crippen LogP contribution in [-0.4, -0.2) is 70.0 Å². The number of hydrogen-bond donors (Lipinski definition) is 0. The van der Waals surface area contributed by atoms with Crippen LogP contribution >= 0.6 is 0 Å². The van der Waals surface area contributed by atoms with Crippen molar-refractivity contribution in [3.05, 3.63) is 24.0 Å². The zero-order valence-corrected chi connectivity index (χ0v) is 14.3. The minimum absolute atomic E-state index is 0.0232. The van der Waals surface area contributed by atoms with Gasteiger partial charge in [0.15, 0.2) is 11.6 Å². The molecule has 2 atom stereocenters. The molecule has 0 aliphatic carbocycles. The second-order valence-electron chi connectivity index (χ2n) is 5.96. The molecule has 0 unspecified atom stereocenters. The zero-order chi connectivity index (χ0) is 17.5. The molecule has 0 radical (unpaired) electrons. The number of nitrogens with zero attached hydrogens (tertiary/aromatic N) is 2. The summed E-state index contributed by atoms with van der Waals surface area (Å²) < 4.78 is 51.2. The summed E-state index contributed by atoms with van der Waals surface area (Å²) in [7, 11) is -0.958. The third-order valence-corrected chi connectivity index (χ3v) is 6.30. The molecule has 1 aromatic rings. The van der Waals surface area contributed by atoms with Crippen LogP contribution in [0, 0.1) is 11.7 Å². The summed E-state index contributed by atoms with van der Waals surface area (Å²) in [5.41, 5.74) is 0. The molecule has 0 N–H and O–H groups in total. The number of rotatable bonds is 3. The van der Waals surface area contributed by atoms with Crippen LogP contribution in [-0.2, 0) is 19.6 Å². The fourth-order valence-electron chi connectivity index (χ4n) is 3.01. The van der Waals surface area contributed by atoms with E-state index in [0.29, 0.717) is 0 Å². The van der Waals surface area contributed by atoms with E-state index < -0.39 is 21.8 Å². The molecule has 2 aliphatic heterocycles. The molecule has 2 aliphatic rings. The average molecular weight is 358 g/mol. The third-order valence-electron chi connectivity index (χ3n) is 4.47. The van der Waals surface area contributed by atoms with Crippen molar-refractivity contribution >= 4 is 15.9 Å². The van der Waals surface area contributed by atoms with Gasteiger partial charge < -0.3 is 14.4 Å². The molecular weight excluding hydrogens is 339 g/mol. The zero-order valence-electron chi connectivity index (χ0n) is 13.4. The van der Waals surface area contributed by atoms with E-state index in [1.165, 1.54) is 23.5 Å². The monoisotopic (exact) mass is 358 g/mol. The number of sulfonamides is 1. The Kier molecular flexibility index (Phi) is 4.50. The standard InChI is InChI=1S/C15H19FN2O5S/c1-17-11-7-18(6-10(15(17)19)8-23-9-11)24(20,21)12-3-4-14(22-2)13(16)5-12/h3-5,10-11H,6-9H2,1-2H3/t10-,11+/m1/s1. The number of fused-ring (bicyclic) bond motifs is 3. The fourth-order valence-corrected chi connectivity index (χ4v) is 4.55. The summed E-state index contributed by atoms with van der Waals surface area (Å²) in [6.07, 6.45) is 0. The van der Waals surface area contributed by atoms with Crippen LogP contribution in [0.4, 0.5) is 4.39 Å². The number of likely N-dealkylation sites (N-methyl/N-ethyl adjacent to an activating group) is 1. The number of methoxy groups -OCH3 is 1. The Morgan fingerprint density at radius 1 is 1.29 bits per heavy atom. The maximum absolute atomic E-state index is 13.9. The maximum atomic E-state index is 13.9. The van der Waals surface area contributed by atoms with E-state index in [1.54, 1.807) is 11.9 Å². The van der Waals surface area contributed by atoms with E-state index in [2.05, 4.69) is 0 Å². The number of ether oxygens (including phenoxy) is 2. The van der Waals surface area contributed by atoms with E-state index in [-0.39, 0.29) is 48.9 Å². The van der Waals surface area contributed by atoms with Gasteiger partial charge in [-0.1, -0.05) is 0 Å². The molecule has 2 fully saturated rings. The van der Waals surface area contributed by atoms with Gasteiger partial charge in [-0.15, -0.1) is 0 Å². The van der Waals surface area contributed by atoms with Crippen LogP contribution in [0.5, 0.6) is 5.75 Å². The number of halogens is 1. The highest BCUT2D eigenvalue weighted by Crippen LogP contribution is 2.27. The van der Waals surface area contributed by atoms with E-state index in [9.17, 15) is 17.6 Å². The highest BCUT2D eigenvalue weighted by molar-refractivity contribution is 7.89. The summed E-state index contributed by atoms with van der Waals surface area (Å²) in [5.74, 6) is -1.45. The quantitative estimate of drug-likeness (QED) is 0.777. The lowest BCUT2D eigenvalue weighted by Crippen LogP contribution is -2.45. The minimum Gasteiger partial charge on any atom is -0.494 e. The third kappa shape index (κ3) is 2.87. The SMILES string of the molecule is COc1ccc(S(=O)(=O)N2C[C@@H]3COC[C@H](C2)N(C)C3=O)cc1F. The Morgan fingerprint density at radius 3 is 2.71 bits per heavy atom. The largest absolute Gasteiger partial charge is 0.494 e. The average Bonchev–Trinajstić information content (AvgIpc) is 2.72. The molecule has 2 bridgehead atoms. The van der Waals surface area contributed by atoms with E-state index in [0.717, 1.165) is 6.07 Å². The fraction of sp³-hybridized carbons (Fsp3) is 0.533. The van der Waals surface area contributed by atoms with Gasteiger partial charge in [0.25, 0.3) is 0 Å². The summed E-state index contributed by atoms with van der Waals surface area (Å²) in [5, 5.41) is 0. The van der Waals surface area contributed by atoms with E-state index >= 15 is 0 Å². The topological polar surface area (TPSA) is 76.2 Å². The van der Waals surface area contributed by atoms with Gasteiger partial charge in [-0.3, -0.25) is 4.79 Å². The van der Waals surface area contributed by atoms with Crippen LogP contribution in [0.2, 0.25) is 0 Å². The van der Waals surface area contributed by atoms with Crippen molar-refractivity contribution in [3.8, 4) is 5.75 Å². The number of carbonyl (C=O) groups is 1. The molecular formula is C15H19FN2O5S. The summed E-state index contributed by atoms with van der Waals surface area (Å²) in [6.45, 7) is 0.606. The van der Waals surface area contributed by atoms with Gasteiger partial charge in [0, 0.05) is 20.1 Å². The van der Waals surface area contributed by atoms with Crippen LogP contribution in [0.15, 0.2) is 23.1 Å². The molecule has 0 saturated carbocycles. The Balaban J connectivity index is 1.95. The molecule has 24 heavy (non-hydrogen) atoms. The van der Waals surface area contributed by atoms with Crippen molar-refractivity contribution in [2.75, 3.05) is 40.5 Å². The molecule has 3 rings (SSSR count). The Labute approximate surface area is 140 Å². The molecule has 0 aromatic heterocycles. The van der Waals surface area contributed by atoms with Crippen molar-refractivity contribution in [2.45, 2.75) is 10.9 Å². The van der Waals surface area contributed by atoms with Crippen LogP contribution < -0.4 is 4.74 Å². The molecule has 1 amide bonds. The predicted octanol–water partition coefficient (Wildman–Crippen LogP) is 0.312. The first-order chi connectivity index (χ1) is 11.3. The number of benzene rings is 1. The first kappa shape index (κ1) is 17.1. The van der Waals surface area contributed by atoms with E-state index in [1.807, 2.05) is 0 Å². The highest BCUT2D eigenvalue weighted by atomic mass is 32.2. The van der Waals surface area contributed by atoms with Gasteiger partial charge in [-0.25, -0.2) is 12.8 Å². The molecule has 1 aromatic carbocycles. The molecule has 7 nitrogen and oxygen atoms in total. The molecule has 9 heteroatoms.